The molecule has 1 atom stereocenters. The van der Waals surface area contributed by atoms with Gasteiger partial charge in [-0.05, 0) is 32.0 Å². The maximum atomic E-state index is 13.2. The molecule has 6 nitrogen and oxygen atoms in total. The Morgan fingerprint density at radius 1 is 1.43 bits per heavy atom. The topological polar surface area (TPSA) is 97.4 Å². The number of carbonyl (C=O) groups is 2. The Balaban J connectivity index is 2.16. The molecule has 0 spiro atoms. The molecule has 4 N–H and O–H groups in total. The van der Waals surface area contributed by atoms with Crippen molar-refractivity contribution >= 4 is 22.9 Å². The van der Waals surface area contributed by atoms with E-state index < -0.39 is 18.0 Å². The summed E-state index contributed by atoms with van der Waals surface area (Å²) in [7, 11) is 0. The number of furan rings is 1. The second kappa shape index (κ2) is 5.82. The predicted molar refractivity (Wildman–Crippen MR) is 75.1 cm³/mol. The third-order valence-corrected chi connectivity index (χ3v) is 3.13. The first-order chi connectivity index (χ1) is 9.88. The summed E-state index contributed by atoms with van der Waals surface area (Å²) < 4.78 is 18.9. The molecule has 2 rings (SSSR count). The van der Waals surface area contributed by atoms with Crippen molar-refractivity contribution in [1.82, 2.24) is 10.6 Å². The second-order valence-corrected chi connectivity index (χ2v) is 4.74. The molecule has 0 aliphatic rings. The lowest BCUT2D eigenvalue weighted by Crippen LogP contribution is -2.40. The van der Waals surface area contributed by atoms with E-state index in [1.807, 2.05) is 0 Å². The highest BCUT2D eigenvalue weighted by molar-refractivity contribution is 5.84. The quantitative estimate of drug-likeness (QED) is 0.800. The normalized spacial score (nSPS) is 12.1. The van der Waals surface area contributed by atoms with E-state index in [2.05, 4.69) is 10.6 Å². The van der Waals surface area contributed by atoms with Gasteiger partial charge in [-0.1, -0.05) is 0 Å². The van der Waals surface area contributed by atoms with Crippen LogP contribution in [0.5, 0.6) is 0 Å². The van der Waals surface area contributed by atoms with E-state index in [9.17, 15) is 14.0 Å². The lowest BCUT2D eigenvalue weighted by atomic mass is 10.1. The summed E-state index contributed by atoms with van der Waals surface area (Å²) in [6.07, 6.45) is 0. The SMILES string of the molecule is Cc1c([C@@H](C)NC(=O)CNC(N)=O)oc2ccc(F)cc12. The maximum Gasteiger partial charge on any atom is 0.312 e. The van der Waals surface area contributed by atoms with E-state index in [0.717, 1.165) is 5.56 Å². The minimum Gasteiger partial charge on any atom is -0.459 e. The third-order valence-electron chi connectivity index (χ3n) is 3.13. The lowest BCUT2D eigenvalue weighted by molar-refractivity contribution is -0.120. The first-order valence-electron chi connectivity index (χ1n) is 6.39. The molecule has 7 heteroatoms. The van der Waals surface area contributed by atoms with Crippen LogP contribution >= 0.6 is 0 Å². The van der Waals surface area contributed by atoms with Crippen molar-refractivity contribution in [3.63, 3.8) is 0 Å². The average molecular weight is 293 g/mol. The molecule has 0 bridgehead atoms. The van der Waals surface area contributed by atoms with Gasteiger partial charge in [0.1, 0.15) is 17.2 Å². The van der Waals surface area contributed by atoms with Gasteiger partial charge in [-0.3, -0.25) is 4.79 Å². The fraction of sp³-hybridized carbons (Fsp3) is 0.286. The van der Waals surface area contributed by atoms with Gasteiger partial charge in [-0.25, -0.2) is 9.18 Å². The number of nitrogens with one attached hydrogen (secondary N) is 2. The number of aryl methyl sites for hydroxylation is 1. The fourth-order valence-electron chi connectivity index (χ4n) is 2.15. The summed E-state index contributed by atoms with van der Waals surface area (Å²) in [4.78, 5) is 22.2. The van der Waals surface area contributed by atoms with Crippen molar-refractivity contribution in [1.29, 1.82) is 0 Å². The number of halogens is 1. The van der Waals surface area contributed by atoms with E-state index in [0.29, 0.717) is 16.7 Å². The standard InChI is InChI=1S/C14H16FN3O3/c1-7-10-5-9(15)3-4-11(10)21-13(7)8(2)18-12(19)6-17-14(16)20/h3-5,8H,6H2,1-2H3,(H,18,19)(H3,16,17,20)/t8-/m1/s1. The predicted octanol–water partition coefficient (Wildman–Crippen LogP) is 1.73. The number of carbonyl (C=O) groups excluding carboxylic acids is 2. The molecule has 0 saturated heterocycles. The minimum absolute atomic E-state index is 0.215. The molecular weight excluding hydrogens is 277 g/mol. The molecule has 21 heavy (non-hydrogen) atoms. The molecule has 3 amide bonds. The Kier molecular flexibility index (Phi) is 4.11. The van der Waals surface area contributed by atoms with Crippen LogP contribution in [-0.4, -0.2) is 18.5 Å². The van der Waals surface area contributed by atoms with E-state index in [1.54, 1.807) is 19.9 Å². The van der Waals surface area contributed by atoms with Crippen LogP contribution in [0.2, 0.25) is 0 Å². The summed E-state index contributed by atoms with van der Waals surface area (Å²) in [5, 5.41) is 5.54. The van der Waals surface area contributed by atoms with Crippen molar-refractivity contribution in [2.24, 2.45) is 5.73 Å². The summed E-state index contributed by atoms with van der Waals surface area (Å²) >= 11 is 0. The van der Waals surface area contributed by atoms with Gasteiger partial charge in [-0.2, -0.15) is 0 Å². The molecule has 1 heterocycles. The Morgan fingerprint density at radius 3 is 2.81 bits per heavy atom. The number of urea groups is 1. The molecule has 0 unspecified atom stereocenters. The van der Waals surface area contributed by atoms with Crippen molar-refractivity contribution in [3.05, 3.63) is 35.3 Å². The molecule has 1 aromatic heterocycles. The van der Waals surface area contributed by atoms with E-state index >= 15 is 0 Å². The number of hydrogen-bond donors (Lipinski definition) is 3. The highest BCUT2D eigenvalue weighted by atomic mass is 19.1. The molecule has 0 fully saturated rings. The van der Waals surface area contributed by atoms with Crippen LogP contribution in [0.4, 0.5) is 9.18 Å². The number of rotatable bonds is 4. The molecule has 0 saturated carbocycles. The summed E-state index contributed by atoms with van der Waals surface area (Å²) in [6, 6.07) is 3.07. The van der Waals surface area contributed by atoms with Crippen LogP contribution < -0.4 is 16.4 Å². The largest absolute Gasteiger partial charge is 0.459 e. The Morgan fingerprint density at radius 2 is 2.14 bits per heavy atom. The first-order valence-corrected chi connectivity index (χ1v) is 6.39. The van der Waals surface area contributed by atoms with Gasteiger partial charge in [0, 0.05) is 10.9 Å². The fourth-order valence-corrected chi connectivity index (χ4v) is 2.15. The van der Waals surface area contributed by atoms with Gasteiger partial charge in [0.25, 0.3) is 0 Å². The van der Waals surface area contributed by atoms with Gasteiger partial charge >= 0.3 is 6.03 Å². The lowest BCUT2D eigenvalue weighted by Gasteiger charge is -2.12. The number of hydrogen-bond acceptors (Lipinski definition) is 3. The number of nitrogens with two attached hydrogens (primary N) is 1. The highest BCUT2D eigenvalue weighted by Gasteiger charge is 2.18. The summed E-state index contributed by atoms with van der Waals surface area (Å²) in [6.45, 7) is 3.32. The third kappa shape index (κ3) is 3.31. The van der Waals surface area contributed by atoms with Gasteiger partial charge < -0.3 is 20.8 Å². The van der Waals surface area contributed by atoms with Crippen LogP contribution in [0.25, 0.3) is 11.0 Å². The Hall–Kier alpha value is -2.57. The molecule has 1 aromatic carbocycles. The van der Waals surface area contributed by atoms with Crippen molar-refractivity contribution in [2.75, 3.05) is 6.54 Å². The maximum absolute atomic E-state index is 13.2. The van der Waals surface area contributed by atoms with Crippen LogP contribution in [0.1, 0.15) is 24.3 Å². The van der Waals surface area contributed by atoms with Crippen molar-refractivity contribution in [2.45, 2.75) is 19.9 Å². The van der Waals surface area contributed by atoms with E-state index in [4.69, 9.17) is 10.2 Å². The Labute approximate surface area is 120 Å². The van der Waals surface area contributed by atoms with Crippen LogP contribution in [0.3, 0.4) is 0 Å². The highest BCUT2D eigenvalue weighted by Crippen LogP contribution is 2.29. The van der Waals surface area contributed by atoms with E-state index in [-0.39, 0.29) is 12.4 Å². The average Bonchev–Trinajstić information content (AvgIpc) is 2.74. The summed E-state index contributed by atoms with van der Waals surface area (Å²) in [5.41, 5.74) is 6.21. The smallest absolute Gasteiger partial charge is 0.312 e. The molecule has 0 aliphatic carbocycles. The molecular formula is C14H16FN3O3. The number of amides is 3. The van der Waals surface area contributed by atoms with Crippen LogP contribution in [0, 0.1) is 12.7 Å². The zero-order chi connectivity index (χ0) is 15.6. The van der Waals surface area contributed by atoms with Crippen molar-refractivity contribution in [3.8, 4) is 0 Å². The first kappa shape index (κ1) is 14.8. The number of primary amides is 1. The molecule has 112 valence electrons. The van der Waals surface area contributed by atoms with Crippen LogP contribution in [0.15, 0.2) is 22.6 Å². The molecule has 2 aromatic rings. The minimum atomic E-state index is -0.770. The number of fused-ring (bicyclic) bond motifs is 1. The van der Waals surface area contributed by atoms with Gasteiger partial charge in [0.05, 0.1) is 12.6 Å². The zero-order valence-corrected chi connectivity index (χ0v) is 11.7. The number of benzene rings is 1. The van der Waals surface area contributed by atoms with Crippen molar-refractivity contribution < 1.29 is 18.4 Å². The van der Waals surface area contributed by atoms with Gasteiger partial charge in [0.2, 0.25) is 5.91 Å². The second-order valence-electron chi connectivity index (χ2n) is 4.74. The zero-order valence-electron chi connectivity index (χ0n) is 11.7. The molecule has 0 aliphatic heterocycles. The monoisotopic (exact) mass is 293 g/mol. The van der Waals surface area contributed by atoms with Gasteiger partial charge in [0.15, 0.2) is 0 Å². The van der Waals surface area contributed by atoms with Gasteiger partial charge in [-0.15, -0.1) is 0 Å². The van der Waals surface area contributed by atoms with Crippen LogP contribution in [-0.2, 0) is 4.79 Å². The van der Waals surface area contributed by atoms with E-state index in [1.165, 1.54) is 12.1 Å². The summed E-state index contributed by atoms with van der Waals surface area (Å²) in [5.74, 6) is -0.198. The Bertz CT molecular complexity index is 696. The molecule has 0 radical (unpaired) electrons.